The van der Waals surface area contributed by atoms with Gasteiger partial charge >= 0.3 is 0 Å². The first kappa shape index (κ1) is 12.3. The van der Waals surface area contributed by atoms with Gasteiger partial charge in [0, 0.05) is 12.5 Å². The number of aryl methyl sites for hydroxylation is 1. The van der Waals surface area contributed by atoms with Gasteiger partial charge in [-0.05, 0) is 31.0 Å². The van der Waals surface area contributed by atoms with Crippen molar-refractivity contribution < 1.29 is 0 Å². The maximum Gasteiger partial charge on any atom is 0.106 e. The number of aromatic amines is 1. The second-order valence-electron chi connectivity index (χ2n) is 4.45. The van der Waals surface area contributed by atoms with Crippen LogP contribution in [0.15, 0.2) is 30.5 Å². The molecule has 1 unspecified atom stereocenters. The van der Waals surface area contributed by atoms with Gasteiger partial charge in [-0.3, -0.25) is 0 Å². The minimum atomic E-state index is 0.188. The molecule has 0 aliphatic carbocycles. The lowest BCUT2D eigenvalue weighted by molar-refractivity contribution is 0.652. The molecule has 1 aromatic heterocycles. The van der Waals surface area contributed by atoms with E-state index in [1.54, 1.807) is 12.1 Å². The van der Waals surface area contributed by atoms with Crippen molar-refractivity contribution in [2.75, 3.05) is 0 Å². The summed E-state index contributed by atoms with van der Waals surface area (Å²) in [6.45, 7) is 1.99. The van der Waals surface area contributed by atoms with E-state index >= 15 is 0 Å². The summed E-state index contributed by atoms with van der Waals surface area (Å²) < 4.78 is 0. The first-order valence-corrected chi connectivity index (χ1v) is 5.99. The summed E-state index contributed by atoms with van der Waals surface area (Å²) in [5.74, 6) is 0.951. The molecule has 1 aromatic carbocycles. The quantitative estimate of drug-likeness (QED) is 0.860. The number of nitrogens with zero attached hydrogens (tertiary/aromatic N) is 2. The largest absolute Gasteiger partial charge is 0.342 e. The Morgan fingerprint density at radius 2 is 2.11 bits per heavy atom. The predicted octanol–water partition coefficient (Wildman–Crippen LogP) is 2.23. The molecule has 0 saturated heterocycles. The van der Waals surface area contributed by atoms with Crippen LogP contribution >= 0.6 is 0 Å². The Bertz CT molecular complexity index is 546. The van der Waals surface area contributed by atoms with Gasteiger partial charge in [0.2, 0.25) is 0 Å². The number of benzene rings is 1. The molecule has 0 amide bonds. The van der Waals surface area contributed by atoms with E-state index in [0.717, 1.165) is 29.9 Å². The van der Waals surface area contributed by atoms with E-state index in [2.05, 4.69) is 16.0 Å². The van der Waals surface area contributed by atoms with Crippen molar-refractivity contribution in [2.24, 2.45) is 5.73 Å². The highest BCUT2D eigenvalue weighted by Crippen LogP contribution is 2.18. The number of hydrogen-bond acceptors (Lipinski definition) is 3. The molecule has 0 aliphatic rings. The van der Waals surface area contributed by atoms with Crippen LogP contribution in [0, 0.1) is 11.3 Å². The lowest BCUT2D eigenvalue weighted by Gasteiger charge is -2.01. The molecule has 3 N–H and O–H groups in total. The molecule has 0 saturated carbocycles. The van der Waals surface area contributed by atoms with Crippen LogP contribution in [0.2, 0.25) is 0 Å². The van der Waals surface area contributed by atoms with E-state index < -0.39 is 0 Å². The molecule has 2 rings (SSSR count). The Balaban J connectivity index is 2.11. The number of hydrogen-bond donors (Lipinski definition) is 2. The van der Waals surface area contributed by atoms with Crippen LogP contribution in [-0.2, 0) is 6.42 Å². The molecule has 4 heteroatoms. The molecule has 18 heavy (non-hydrogen) atoms. The van der Waals surface area contributed by atoms with Crippen molar-refractivity contribution in [1.29, 1.82) is 5.26 Å². The summed E-state index contributed by atoms with van der Waals surface area (Å²) in [6, 6.07) is 9.74. The average molecular weight is 240 g/mol. The van der Waals surface area contributed by atoms with Crippen LogP contribution in [0.5, 0.6) is 0 Å². The van der Waals surface area contributed by atoms with Gasteiger partial charge in [0.05, 0.1) is 23.5 Å². The Morgan fingerprint density at radius 1 is 1.39 bits per heavy atom. The second-order valence-corrected chi connectivity index (χ2v) is 4.45. The van der Waals surface area contributed by atoms with E-state index in [0.29, 0.717) is 5.56 Å². The Labute approximate surface area is 106 Å². The highest BCUT2D eigenvalue weighted by molar-refractivity contribution is 5.59. The van der Waals surface area contributed by atoms with Gasteiger partial charge in [0.15, 0.2) is 0 Å². The predicted molar refractivity (Wildman–Crippen MR) is 70.7 cm³/mol. The maximum absolute atomic E-state index is 8.74. The van der Waals surface area contributed by atoms with Crippen molar-refractivity contribution >= 4 is 0 Å². The van der Waals surface area contributed by atoms with Crippen molar-refractivity contribution in [1.82, 2.24) is 9.97 Å². The van der Waals surface area contributed by atoms with Crippen LogP contribution in [0.3, 0.4) is 0 Å². The van der Waals surface area contributed by atoms with Crippen LogP contribution in [0.1, 0.15) is 24.7 Å². The zero-order chi connectivity index (χ0) is 13.0. The van der Waals surface area contributed by atoms with Gasteiger partial charge in [-0.2, -0.15) is 5.26 Å². The van der Waals surface area contributed by atoms with Gasteiger partial charge in [0.25, 0.3) is 0 Å². The summed E-state index contributed by atoms with van der Waals surface area (Å²) in [5.41, 5.74) is 8.39. The number of nitriles is 1. The second kappa shape index (κ2) is 5.48. The summed E-state index contributed by atoms with van der Waals surface area (Å²) in [6.07, 6.45) is 3.59. The van der Waals surface area contributed by atoms with Gasteiger partial charge in [-0.15, -0.1) is 0 Å². The third kappa shape index (κ3) is 2.96. The number of aromatic nitrogens is 2. The third-order valence-corrected chi connectivity index (χ3v) is 2.79. The number of H-pyrrole nitrogens is 1. The molecule has 0 spiro atoms. The van der Waals surface area contributed by atoms with E-state index in [4.69, 9.17) is 11.0 Å². The first-order valence-electron chi connectivity index (χ1n) is 5.99. The summed E-state index contributed by atoms with van der Waals surface area (Å²) in [4.78, 5) is 7.60. The standard InChI is InChI=1S/C14H16N4/c1-10(16)2-7-14-17-9-13(18-14)12-5-3-11(8-15)4-6-12/h3-6,9-10H,2,7,16H2,1H3,(H,17,18). The maximum atomic E-state index is 8.74. The topological polar surface area (TPSA) is 78.5 Å². The first-order chi connectivity index (χ1) is 8.69. The summed E-state index contributed by atoms with van der Waals surface area (Å²) in [7, 11) is 0. The smallest absolute Gasteiger partial charge is 0.106 e. The Kier molecular flexibility index (Phi) is 3.75. The fourth-order valence-corrected chi connectivity index (χ4v) is 1.72. The number of rotatable bonds is 4. The zero-order valence-electron chi connectivity index (χ0n) is 10.4. The monoisotopic (exact) mass is 240 g/mol. The van der Waals surface area contributed by atoms with E-state index in [-0.39, 0.29) is 6.04 Å². The fourth-order valence-electron chi connectivity index (χ4n) is 1.72. The summed E-state index contributed by atoms with van der Waals surface area (Å²) in [5, 5.41) is 8.74. The molecule has 1 heterocycles. The number of imidazole rings is 1. The van der Waals surface area contributed by atoms with Crippen molar-refractivity contribution in [2.45, 2.75) is 25.8 Å². The molecule has 2 aromatic rings. The Morgan fingerprint density at radius 3 is 2.72 bits per heavy atom. The van der Waals surface area contributed by atoms with Crippen LogP contribution < -0.4 is 5.73 Å². The van der Waals surface area contributed by atoms with Gasteiger partial charge in [-0.25, -0.2) is 4.98 Å². The van der Waals surface area contributed by atoms with Gasteiger partial charge in [-0.1, -0.05) is 12.1 Å². The van der Waals surface area contributed by atoms with E-state index in [1.165, 1.54) is 0 Å². The number of nitrogens with two attached hydrogens (primary N) is 1. The lowest BCUT2D eigenvalue weighted by atomic mass is 10.1. The van der Waals surface area contributed by atoms with E-state index in [1.807, 2.05) is 25.3 Å². The van der Waals surface area contributed by atoms with Crippen LogP contribution in [-0.4, -0.2) is 16.0 Å². The molecule has 1 atom stereocenters. The van der Waals surface area contributed by atoms with Crippen molar-refractivity contribution in [3.63, 3.8) is 0 Å². The Hall–Kier alpha value is -2.12. The lowest BCUT2D eigenvalue weighted by Crippen LogP contribution is -2.15. The average Bonchev–Trinajstić information content (AvgIpc) is 2.85. The summed E-state index contributed by atoms with van der Waals surface area (Å²) >= 11 is 0. The number of nitrogens with one attached hydrogen (secondary N) is 1. The zero-order valence-corrected chi connectivity index (χ0v) is 10.4. The molecule has 0 aliphatic heterocycles. The van der Waals surface area contributed by atoms with Gasteiger partial charge < -0.3 is 10.7 Å². The van der Waals surface area contributed by atoms with Crippen LogP contribution in [0.25, 0.3) is 11.3 Å². The third-order valence-electron chi connectivity index (χ3n) is 2.79. The van der Waals surface area contributed by atoms with Gasteiger partial charge in [0.1, 0.15) is 5.82 Å². The fraction of sp³-hybridized carbons (Fsp3) is 0.286. The highest BCUT2D eigenvalue weighted by atomic mass is 14.9. The van der Waals surface area contributed by atoms with Crippen molar-refractivity contribution in [3.8, 4) is 17.3 Å². The van der Waals surface area contributed by atoms with Crippen LogP contribution in [0.4, 0.5) is 0 Å². The molecule has 0 radical (unpaired) electrons. The molecular weight excluding hydrogens is 224 g/mol. The minimum absolute atomic E-state index is 0.188. The molecule has 4 nitrogen and oxygen atoms in total. The van der Waals surface area contributed by atoms with E-state index in [9.17, 15) is 0 Å². The highest BCUT2D eigenvalue weighted by Gasteiger charge is 2.04. The normalized spacial score (nSPS) is 12.1. The molecule has 0 fully saturated rings. The SMILES string of the molecule is CC(N)CCc1ncc(-c2ccc(C#N)cc2)[nH]1. The molecule has 92 valence electrons. The molecular formula is C14H16N4. The molecule has 0 bridgehead atoms. The minimum Gasteiger partial charge on any atom is -0.342 e. The van der Waals surface area contributed by atoms with Crippen molar-refractivity contribution in [3.05, 3.63) is 41.9 Å².